The van der Waals surface area contributed by atoms with Crippen molar-refractivity contribution >= 4 is 69.1 Å². The van der Waals surface area contributed by atoms with Crippen molar-refractivity contribution in [2.24, 2.45) is 0 Å². The number of amides is 2. The quantitative estimate of drug-likeness (QED) is 0.383. The van der Waals surface area contributed by atoms with E-state index in [0.29, 0.717) is 27.9 Å². The van der Waals surface area contributed by atoms with Crippen molar-refractivity contribution in [1.29, 1.82) is 0 Å². The van der Waals surface area contributed by atoms with Crippen LogP contribution in [0.3, 0.4) is 0 Å². The smallest absolute Gasteiger partial charge is 0.352 e. The van der Waals surface area contributed by atoms with Crippen molar-refractivity contribution in [1.82, 2.24) is 25.4 Å². The molecule has 0 aliphatic carbocycles. The van der Waals surface area contributed by atoms with E-state index in [-0.39, 0.29) is 18.0 Å². The molecule has 0 spiro atoms. The number of carboxylic acids is 1. The highest BCUT2D eigenvalue weighted by atomic mass is 32.2. The molecule has 1 unspecified atom stereocenters. The van der Waals surface area contributed by atoms with Crippen LogP contribution in [0.1, 0.15) is 10.7 Å². The van der Waals surface area contributed by atoms with Gasteiger partial charge in [-0.15, -0.1) is 33.3 Å². The fraction of sp³-hybridized carbons (Fsp3) is 0.375. The van der Waals surface area contributed by atoms with Gasteiger partial charge in [-0.2, -0.15) is 0 Å². The minimum Gasteiger partial charge on any atom is -0.477 e. The molecule has 30 heavy (non-hydrogen) atoms. The zero-order chi connectivity index (χ0) is 21.4. The number of hydrogen-bond acceptors (Lipinski definition) is 11. The molecule has 1 fully saturated rings. The molecule has 2 atom stereocenters. The molecule has 2 aliphatic heterocycles. The van der Waals surface area contributed by atoms with E-state index in [2.05, 4.69) is 20.5 Å². The minimum absolute atomic E-state index is 0.00439. The van der Waals surface area contributed by atoms with Crippen molar-refractivity contribution < 1.29 is 19.5 Å². The number of nitrogens with two attached hydrogens (primary N) is 1. The van der Waals surface area contributed by atoms with Gasteiger partial charge in [0, 0.05) is 16.9 Å². The van der Waals surface area contributed by atoms with E-state index >= 15 is 0 Å². The standard InChI is InChI=1S/C16H16N6O4S4/c1-6-20-21-16(30-6)29-4-7-3-27-13-10(12(24)22(13)11(7)14(25)26)19-9(23)2-8-5-28-15(17)18-8/h5,10,13H,2-4H2,1H3,(H2,17,18)(H,19,23)(H,25,26)/t10?,13-/m1/s1. The van der Waals surface area contributed by atoms with Crippen LogP contribution in [0.25, 0.3) is 0 Å². The summed E-state index contributed by atoms with van der Waals surface area (Å²) in [6, 6.07) is -0.757. The Balaban J connectivity index is 1.43. The highest BCUT2D eigenvalue weighted by Gasteiger charge is 2.54. The first-order valence-corrected chi connectivity index (χ1v) is 12.4. The predicted molar refractivity (Wildman–Crippen MR) is 115 cm³/mol. The van der Waals surface area contributed by atoms with Gasteiger partial charge in [0.1, 0.15) is 22.1 Å². The topological polar surface area (TPSA) is 151 Å². The number of thiazole rings is 1. The summed E-state index contributed by atoms with van der Waals surface area (Å²) in [4.78, 5) is 42.1. The fourth-order valence-electron chi connectivity index (χ4n) is 3.07. The number of carbonyl (C=O) groups excluding carboxylic acids is 2. The maximum Gasteiger partial charge on any atom is 0.352 e. The monoisotopic (exact) mass is 484 g/mol. The Hall–Kier alpha value is -2.16. The number of hydrogen-bond donors (Lipinski definition) is 3. The molecular formula is C16H16N6O4S4. The van der Waals surface area contributed by atoms with Crippen LogP contribution in [-0.4, -0.2) is 65.9 Å². The van der Waals surface area contributed by atoms with Crippen molar-refractivity contribution in [2.75, 3.05) is 17.2 Å². The SMILES string of the molecule is Cc1nnc(SCC2=C(C(=O)O)N3C(=O)C(NC(=O)Cc4csc(N)n4)[C@H]3SC2)s1. The number of aromatic nitrogens is 3. The number of nitrogens with one attached hydrogen (secondary N) is 1. The fourth-order valence-corrected chi connectivity index (χ4v) is 6.94. The van der Waals surface area contributed by atoms with Crippen LogP contribution in [0.2, 0.25) is 0 Å². The van der Waals surface area contributed by atoms with Crippen molar-refractivity contribution in [3.05, 3.63) is 27.4 Å². The molecule has 4 N–H and O–H groups in total. The van der Waals surface area contributed by atoms with E-state index in [1.807, 2.05) is 6.92 Å². The summed E-state index contributed by atoms with van der Waals surface area (Å²) < 4.78 is 0.750. The summed E-state index contributed by atoms with van der Waals surface area (Å²) in [6.07, 6.45) is 0.0135. The van der Waals surface area contributed by atoms with Gasteiger partial charge in [-0.05, 0) is 12.5 Å². The van der Waals surface area contributed by atoms with Gasteiger partial charge in [-0.3, -0.25) is 14.5 Å². The third kappa shape index (κ3) is 4.17. The molecule has 10 nitrogen and oxygen atoms in total. The largest absolute Gasteiger partial charge is 0.477 e. The van der Waals surface area contributed by atoms with Crippen LogP contribution in [0.15, 0.2) is 21.0 Å². The molecule has 2 aliphatic rings. The van der Waals surface area contributed by atoms with Crippen LogP contribution in [0.5, 0.6) is 0 Å². The van der Waals surface area contributed by atoms with Crippen LogP contribution < -0.4 is 11.1 Å². The summed E-state index contributed by atoms with van der Waals surface area (Å²) in [5, 5.41) is 22.8. The van der Waals surface area contributed by atoms with Gasteiger partial charge >= 0.3 is 5.97 Å². The molecule has 2 amide bonds. The van der Waals surface area contributed by atoms with Crippen molar-refractivity contribution in [2.45, 2.75) is 29.1 Å². The number of β-lactam (4-membered cyclic amide) rings is 1. The van der Waals surface area contributed by atoms with E-state index in [1.54, 1.807) is 5.38 Å². The molecule has 4 heterocycles. The molecule has 0 saturated carbocycles. The maximum atomic E-state index is 12.7. The second kappa shape index (κ2) is 8.53. The van der Waals surface area contributed by atoms with E-state index in [4.69, 9.17) is 5.73 Å². The van der Waals surface area contributed by atoms with Crippen LogP contribution in [0, 0.1) is 6.92 Å². The maximum absolute atomic E-state index is 12.7. The van der Waals surface area contributed by atoms with Crippen LogP contribution >= 0.6 is 46.2 Å². The summed E-state index contributed by atoms with van der Waals surface area (Å²) in [5.74, 6) is -1.07. The Morgan fingerprint density at radius 2 is 2.23 bits per heavy atom. The first-order valence-electron chi connectivity index (χ1n) is 8.65. The molecule has 0 aromatic carbocycles. The van der Waals surface area contributed by atoms with Gasteiger partial charge in [0.15, 0.2) is 9.47 Å². The zero-order valence-electron chi connectivity index (χ0n) is 15.5. The second-order valence-electron chi connectivity index (χ2n) is 6.44. The average molecular weight is 485 g/mol. The van der Waals surface area contributed by atoms with Crippen LogP contribution in [0.4, 0.5) is 5.13 Å². The summed E-state index contributed by atoms with van der Waals surface area (Å²) >= 11 is 5.51. The Morgan fingerprint density at radius 1 is 1.43 bits per heavy atom. The Bertz CT molecular complexity index is 1050. The van der Waals surface area contributed by atoms with E-state index in [1.165, 1.54) is 51.1 Å². The number of carbonyl (C=O) groups is 3. The summed E-state index contributed by atoms with van der Waals surface area (Å²) in [6.45, 7) is 1.85. The number of aliphatic carboxylic acids is 1. The Kier molecular flexibility index (Phi) is 5.99. The molecular weight excluding hydrogens is 468 g/mol. The minimum atomic E-state index is -1.15. The van der Waals surface area contributed by atoms with Gasteiger partial charge in [0.2, 0.25) is 5.91 Å². The van der Waals surface area contributed by atoms with Crippen molar-refractivity contribution in [3.8, 4) is 0 Å². The first kappa shape index (κ1) is 21.1. The highest BCUT2D eigenvalue weighted by molar-refractivity contribution is 8.01. The van der Waals surface area contributed by atoms with Gasteiger partial charge < -0.3 is 16.2 Å². The third-order valence-electron chi connectivity index (χ3n) is 4.35. The number of fused-ring (bicyclic) bond motifs is 1. The van der Waals surface area contributed by atoms with Gasteiger partial charge in [0.05, 0.1) is 12.1 Å². The number of carboxylic acid groups (broad SMARTS) is 1. The number of nitrogens with zero attached hydrogens (tertiary/aromatic N) is 4. The van der Waals surface area contributed by atoms with E-state index in [0.717, 1.165) is 9.35 Å². The molecule has 2 aromatic heterocycles. The molecule has 0 radical (unpaired) electrons. The number of nitrogen functional groups attached to an aromatic ring is 1. The van der Waals surface area contributed by atoms with Crippen LogP contribution in [-0.2, 0) is 20.8 Å². The first-order chi connectivity index (χ1) is 14.3. The zero-order valence-corrected chi connectivity index (χ0v) is 18.8. The third-order valence-corrected chi connectivity index (χ3v) is 8.48. The lowest BCUT2D eigenvalue weighted by Gasteiger charge is -2.49. The lowest BCUT2D eigenvalue weighted by Crippen LogP contribution is -2.70. The normalized spacial score (nSPS) is 20.7. The molecule has 1 saturated heterocycles. The number of anilines is 1. The molecule has 14 heteroatoms. The van der Waals surface area contributed by atoms with E-state index < -0.39 is 23.3 Å². The van der Waals surface area contributed by atoms with Crippen molar-refractivity contribution in [3.63, 3.8) is 0 Å². The highest BCUT2D eigenvalue weighted by Crippen LogP contribution is 2.41. The number of thioether (sulfide) groups is 2. The van der Waals surface area contributed by atoms with Gasteiger partial charge in [-0.1, -0.05) is 23.1 Å². The Labute approximate surface area is 187 Å². The molecule has 2 aromatic rings. The van der Waals surface area contributed by atoms with Gasteiger partial charge in [-0.25, -0.2) is 9.78 Å². The number of aryl methyl sites for hydroxylation is 1. The van der Waals surface area contributed by atoms with E-state index in [9.17, 15) is 19.5 Å². The molecule has 0 bridgehead atoms. The molecule has 158 valence electrons. The molecule has 4 rings (SSSR count). The Morgan fingerprint density at radius 3 is 2.87 bits per heavy atom. The number of rotatable bonds is 7. The summed E-state index contributed by atoms with van der Waals surface area (Å²) in [7, 11) is 0. The predicted octanol–water partition coefficient (Wildman–Crippen LogP) is 0.959. The summed E-state index contributed by atoms with van der Waals surface area (Å²) in [5.41, 5.74) is 6.75. The average Bonchev–Trinajstić information content (AvgIpc) is 3.31. The van der Waals surface area contributed by atoms with Gasteiger partial charge in [0.25, 0.3) is 5.91 Å². The second-order valence-corrected chi connectivity index (χ2v) is 10.8. The lowest BCUT2D eigenvalue weighted by molar-refractivity contribution is -0.150. The lowest BCUT2D eigenvalue weighted by atomic mass is 10.0.